The van der Waals surface area contributed by atoms with Crippen molar-refractivity contribution in [1.82, 2.24) is 4.98 Å². The number of pyridine rings is 1. The summed E-state index contributed by atoms with van der Waals surface area (Å²) in [6, 6.07) is 10.5. The average Bonchev–Trinajstić information content (AvgIpc) is 2.49. The summed E-state index contributed by atoms with van der Waals surface area (Å²) in [5.74, 6) is -0.256. The van der Waals surface area contributed by atoms with E-state index in [1.807, 2.05) is 6.07 Å². The van der Waals surface area contributed by atoms with Gasteiger partial charge in [0.15, 0.2) is 0 Å². The zero-order valence-corrected chi connectivity index (χ0v) is 11.7. The third kappa shape index (κ3) is 2.68. The lowest BCUT2D eigenvalue weighted by molar-refractivity contribution is 0.626. The van der Waals surface area contributed by atoms with Crippen LogP contribution < -0.4 is 0 Å². The summed E-state index contributed by atoms with van der Waals surface area (Å²) in [5.41, 5.74) is 2.93. The molecule has 1 heterocycles. The second-order valence-electron chi connectivity index (χ2n) is 4.82. The van der Waals surface area contributed by atoms with Crippen LogP contribution in [0, 0.1) is 17.1 Å². The second-order valence-corrected chi connectivity index (χ2v) is 5.88. The number of hydrogen-bond acceptors (Lipinski definition) is 3. The minimum absolute atomic E-state index is 0.256. The molecule has 1 aliphatic carbocycles. The van der Waals surface area contributed by atoms with E-state index in [9.17, 15) is 9.65 Å². The largest absolute Gasteiger partial charge is 0.244 e. The first kappa shape index (κ1) is 13.1. The van der Waals surface area contributed by atoms with E-state index >= 15 is 0 Å². The summed E-state index contributed by atoms with van der Waals surface area (Å²) in [6.07, 6.45) is 4.33. The van der Waals surface area contributed by atoms with Crippen molar-refractivity contribution < 1.29 is 4.39 Å². The number of aryl methyl sites for hydroxylation is 2. The first-order chi connectivity index (χ1) is 9.76. The van der Waals surface area contributed by atoms with Gasteiger partial charge in [-0.1, -0.05) is 11.8 Å². The van der Waals surface area contributed by atoms with Crippen LogP contribution in [0.5, 0.6) is 0 Å². The summed E-state index contributed by atoms with van der Waals surface area (Å²) >= 11 is 1.42. The Labute approximate surface area is 121 Å². The molecule has 0 bridgehead atoms. The molecule has 0 aliphatic heterocycles. The van der Waals surface area contributed by atoms with Gasteiger partial charge in [0.2, 0.25) is 0 Å². The minimum Gasteiger partial charge on any atom is -0.244 e. The van der Waals surface area contributed by atoms with E-state index < -0.39 is 0 Å². The maximum Gasteiger partial charge on any atom is 0.123 e. The Kier molecular flexibility index (Phi) is 3.70. The molecule has 0 N–H and O–H groups in total. The van der Waals surface area contributed by atoms with Crippen molar-refractivity contribution in [3.63, 3.8) is 0 Å². The van der Waals surface area contributed by atoms with Crippen LogP contribution in [0.15, 0.2) is 40.3 Å². The van der Waals surface area contributed by atoms with E-state index in [1.165, 1.54) is 35.9 Å². The van der Waals surface area contributed by atoms with Gasteiger partial charge in [0.25, 0.3) is 0 Å². The fraction of sp³-hybridized carbons (Fsp3) is 0.250. The zero-order chi connectivity index (χ0) is 13.9. The lowest BCUT2D eigenvalue weighted by Crippen LogP contribution is -2.07. The summed E-state index contributed by atoms with van der Waals surface area (Å²) in [7, 11) is 0. The number of rotatable bonds is 2. The average molecular weight is 284 g/mol. The van der Waals surface area contributed by atoms with Gasteiger partial charge >= 0.3 is 0 Å². The predicted octanol–water partition coefficient (Wildman–Crippen LogP) is 4.12. The Morgan fingerprint density at radius 1 is 1.15 bits per heavy atom. The van der Waals surface area contributed by atoms with Gasteiger partial charge in [-0.05, 0) is 61.6 Å². The van der Waals surface area contributed by atoms with Gasteiger partial charge < -0.3 is 0 Å². The lowest BCUT2D eigenvalue weighted by Gasteiger charge is -2.16. The monoisotopic (exact) mass is 284 g/mol. The van der Waals surface area contributed by atoms with E-state index in [4.69, 9.17) is 0 Å². The molecule has 1 aromatic carbocycles. The quantitative estimate of drug-likeness (QED) is 0.832. The smallest absolute Gasteiger partial charge is 0.123 e. The van der Waals surface area contributed by atoms with Gasteiger partial charge in [0.1, 0.15) is 16.9 Å². The van der Waals surface area contributed by atoms with E-state index in [0.717, 1.165) is 34.9 Å². The summed E-state index contributed by atoms with van der Waals surface area (Å²) < 4.78 is 12.9. The number of fused-ring (bicyclic) bond motifs is 1. The van der Waals surface area contributed by atoms with Gasteiger partial charge in [0, 0.05) is 10.6 Å². The van der Waals surface area contributed by atoms with E-state index in [0.29, 0.717) is 5.56 Å². The molecule has 3 rings (SSSR count). The lowest BCUT2D eigenvalue weighted by atomic mass is 9.95. The van der Waals surface area contributed by atoms with E-state index in [1.54, 1.807) is 12.1 Å². The molecule has 100 valence electrons. The van der Waals surface area contributed by atoms with Crippen LogP contribution in [0.2, 0.25) is 0 Å². The fourth-order valence-electron chi connectivity index (χ4n) is 2.39. The van der Waals surface area contributed by atoms with Crippen LogP contribution in [0.4, 0.5) is 4.39 Å². The van der Waals surface area contributed by atoms with E-state index in [-0.39, 0.29) is 5.82 Å². The molecule has 4 heteroatoms. The molecule has 1 aliphatic rings. The van der Waals surface area contributed by atoms with E-state index in [2.05, 4.69) is 11.1 Å². The molecule has 0 saturated carbocycles. The van der Waals surface area contributed by atoms with Crippen molar-refractivity contribution in [1.29, 1.82) is 5.26 Å². The van der Waals surface area contributed by atoms with Crippen LogP contribution in [0.3, 0.4) is 0 Å². The summed E-state index contributed by atoms with van der Waals surface area (Å²) in [6.45, 7) is 0. The number of benzene rings is 1. The molecule has 0 spiro atoms. The molecule has 0 radical (unpaired) electrons. The number of nitrogens with zero attached hydrogens (tertiary/aromatic N) is 2. The molecule has 2 nitrogen and oxygen atoms in total. The SMILES string of the molecule is N#Cc1cc2c(nc1Sc1ccc(F)cc1)CCCC2. The number of aromatic nitrogens is 1. The van der Waals surface area contributed by atoms with Crippen LogP contribution >= 0.6 is 11.8 Å². The molecule has 0 fully saturated rings. The molecular weight excluding hydrogens is 271 g/mol. The summed E-state index contributed by atoms with van der Waals surface area (Å²) in [5, 5.41) is 10.0. The second kappa shape index (κ2) is 5.64. The van der Waals surface area contributed by atoms with Crippen LogP contribution in [-0.2, 0) is 12.8 Å². The Hall–Kier alpha value is -1.86. The van der Waals surface area contributed by atoms with Gasteiger partial charge in [-0.25, -0.2) is 9.37 Å². The third-order valence-corrected chi connectivity index (χ3v) is 4.43. The third-order valence-electron chi connectivity index (χ3n) is 3.41. The highest BCUT2D eigenvalue weighted by Gasteiger charge is 2.15. The van der Waals surface area contributed by atoms with Gasteiger partial charge in [-0.2, -0.15) is 5.26 Å². The van der Waals surface area contributed by atoms with Crippen molar-refractivity contribution in [2.75, 3.05) is 0 Å². The molecular formula is C16H13FN2S. The van der Waals surface area contributed by atoms with Crippen LogP contribution in [-0.4, -0.2) is 4.98 Å². The Morgan fingerprint density at radius 2 is 1.90 bits per heavy atom. The van der Waals surface area contributed by atoms with Crippen LogP contribution in [0.1, 0.15) is 29.7 Å². The first-order valence-electron chi connectivity index (χ1n) is 6.62. The van der Waals surface area contributed by atoms with Gasteiger partial charge in [0.05, 0.1) is 5.56 Å². The maximum absolute atomic E-state index is 12.9. The number of halogens is 1. The molecule has 0 atom stereocenters. The molecule has 2 aromatic rings. The number of hydrogen-bond donors (Lipinski definition) is 0. The normalized spacial score (nSPS) is 13.6. The fourth-order valence-corrected chi connectivity index (χ4v) is 3.25. The Balaban J connectivity index is 1.96. The highest BCUT2D eigenvalue weighted by molar-refractivity contribution is 7.99. The van der Waals surface area contributed by atoms with Gasteiger partial charge in [-0.3, -0.25) is 0 Å². The zero-order valence-electron chi connectivity index (χ0n) is 10.9. The molecule has 0 amide bonds. The molecule has 20 heavy (non-hydrogen) atoms. The molecule has 1 aromatic heterocycles. The van der Waals surface area contributed by atoms with Crippen molar-refractivity contribution >= 4 is 11.8 Å². The van der Waals surface area contributed by atoms with Crippen molar-refractivity contribution in [2.24, 2.45) is 0 Å². The predicted molar refractivity (Wildman–Crippen MR) is 76.1 cm³/mol. The van der Waals surface area contributed by atoms with Crippen molar-refractivity contribution in [3.8, 4) is 6.07 Å². The summed E-state index contributed by atoms with van der Waals surface area (Å²) in [4.78, 5) is 5.54. The minimum atomic E-state index is -0.256. The maximum atomic E-state index is 12.9. The first-order valence-corrected chi connectivity index (χ1v) is 7.44. The number of nitriles is 1. The van der Waals surface area contributed by atoms with Crippen molar-refractivity contribution in [3.05, 3.63) is 53.0 Å². The van der Waals surface area contributed by atoms with Gasteiger partial charge in [-0.15, -0.1) is 0 Å². The molecule has 0 unspecified atom stereocenters. The highest BCUT2D eigenvalue weighted by Crippen LogP contribution is 2.31. The standard InChI is InChI=1S/C16H13FN2S/c17-13-5-7-14(8-6-13)20-16-12(10-18)9-11-3-1-2-4-15(11)19-16/h5-9H,1-4H2. The van der Waals surface area contributed by atoms with Crippen LogP contribution in [0.25, 0.3) is 0 Å². The Morgan fingerprint density at radius 3 is 2.65 bits per heavy atom. The molecule has 0 saturated heterocycles. The topological polar surface area (TPSA) is 36.7 Å². The highest BCUT2D eigenvalue weighted by atomic mass is 32.2. The Bertz CT molecular complexity index is 674. The van der Waals surface area contributed by atoms with Crippen molar-refractivity contribution in [2.45, 2.75) is 35.6 Å².